The Balaban J connectivity index is 1.66. The fourth-order valence-corrected chi connectivity index (χ4v) is 6.24. The Bertz CT molecular complexity index is 1460. The number of nitrogens with zero attached hydrogens (tertiary/aromatic N) is 4. The van der Waals surface area contributed by atoms with Crippen LogP contribution >= 0.6 is 35.3 Å². The van der Waals surface area contributed by atoms with E-state index in [1.807, 2.05) is 18.4 Å². The number of rotatable bonds is 11. The molecule has 222 valence electrons. The Labute approximate surface area is 255 Å². The van der Waals surface area contributed by atoms with E-state index < -0.39 is 22.6 Å². The number of nitro groups is 1. The Morgan fingerprint density at radius 2 is 1.79 bits per heavy atom. The Kier molecular flexibility index (Phi) is 10.1. The van der Waals surface area contributed by atoms with Crippen LogP contribution in [0.3, 0.4) is 0 Å². The van der Waals surface area contributed by atoms with E-state index in [1.54, 1.807) is 35.0 Å². The molecule has 1 aliphatic rings. The monoisotopic (exact) mass is 636 g/mol. The summed E-state index contributed by atoms with van der Waals surface area (Å²) in [6.07, 6.45) is -0.743. The molecule has 0 spiro atoms. The first kappa shape index (κ1) is 31.7. The van der Waals surface area contributed by atoms with Gasteiger partial charge in [0.1, 0.15) is 11.4 Å². The minimum Gasteiger partial charge on any atom is -0.286 e. The van der Waals surface area contributed by atoms with E-state index in [0.717, 1.165) is 54.0 Å². The highest BCUT2D eigenvalue weighted by Gasteiger charge is 2.40. The zero-order valence-corrected chi connectivity index (χ0v) is 25.2. The van der Waals surface area contributed by atoms with Gasteiger partial charge in [-0.25, -0.2) is 4.31 Å². The second-order valence-electron chi connectivity index (χ2n) is 9.98. The summed E-state index contributed by atoms with van der Waals surface area (Å²) in [7, 11) is 0. The molecule has 1 unspecified atom stereocenters. The molecule has 3 aromatic carbocycles. The quantitative estimate of drug-likeness (QED) is 0.0914. The van der Waals surface area contributed by atoms with Crippen molar-refractivity contribution in [1.29, 1.82) is 0 Å². The second-order valence-corrected chi connectivity index (χ2v) is 12.4. The van der Waals surface area contributed by atoms with Gasteiger partial charge in [-0.1, -0.05) is 42.8 Å². The standard InChI is InChI=1S/C29H28ClF3N4O3S2/c1-28(16-5-17-41-2)19-35(34-27(28)20-8-12-22(30)13-9-20)18-26(38)36(23-14-10-21(11-15-23)29(31,32)33)42-25-7-4-3-6-24(25)37(39)40/h3-4,6-15H,5,16-19H2,1-2H3. The molecular formula is C29H28ClF3N4O3S2. The van der Waals surface area contributed by atoms with Gasteiger partial charge in [-0.2, -0.15) is 30.0 Å². The predicted octanol–water partition coefficient (Wildman–Crippen LogP) is 8.18. The molecule has 0 saturated heterocycles. The summed E-state index contributed by atoms with van der Waals surface area (Å²) in [5, 5.41) is 18.7. The van der Waals surface area contributed by atoms with Crippen LogP contribution in [0, 0.1) is 15.5 Å². The van der Waals surface area contributed by atoms with Crippen LogP contribution < -0.4 is 4.31 Å². The molecule has 13 heteroatoms. The summed E-state index contributed by atoms with van der Waals surface area (Å²) in [5.74, 6) is 0.474. The Hall–Kier alpha value is -3.22. The maximum atomic E-state index is 13.8. The summed E-state index contributed by atoms with van der Waals surface area (Å²) >= 11 is 8.64. The number of hydrazone groups is 1. The van der Waals surface area contributed by atoms with Crippen molar-refractivity contribution < 1.29 is 22.9 Å². The lowest BCUT2D eigenvalue weighted by Gasteiger charge is -2.28. The van der Waals surface area contributed by atoms with Gasteiger partial charge in [0, 0.05) is 35.0 Å². The highest BCUT2D eigenvalue weighted by molar-refractivity contribution is 8.01. The maximum Gasteiger partial charge on any atom is 0.416 e. The van der Waals surface area contributed by atoms with Gasteiger partial charge in [0.2, 0.25) is 0 Å². The van der Waals surface area contributed by atoms with Gasteiger partial charge in [-0.05, 0) is 72.9 Å². The normalized spacial score (nSPS) is 16.8. The average molecular weight is 637 g/mol. The van der Waals surface area contributed by atoms with Gasteiger partial charge < -0.3 is 0 Å². The van der Waals surface area contributed by atoms with Crippen molar-refractivity contribution >= 4 is 58.3 Å². The third kappa shape index (κ3) is 7.59. The first-order valence-corrected chi connectivity index (χ1v) is 15.5. The molecule has 0 aliphatic carbocycles. The molecule has 0 fully saturated rings. The summed E-state index contributed by atoms with van der Waals surface area (Å²) < 4.78 is 40.9. The molecule has 0 aromatic heterocycles. The van der Waals surface area contributed by atoms with Crippen LogP contribution in [0.1, 0.15) is 30.9 Å². The van der Waals surface area contributed by atoms with Crippen LogP contribution in [-0.4, -0.2) is 46.6 Å². The minimum atomic E-state index is -4.55. The number of benzene rings is 3. The van der Waals surface area contributed by atoms with Crippen LogP contribution in [0.4, 0.5) is 24.5 Å². The lowest BCUT2D eigenvalue weighted by atomic mass is 9.78. The molecule has 4 rings (SSSR count). The zero-order chi connectivity index (χ0) is 30.5. The highest BCUT2D eigenvalue weighted by atomic mass is 35.5. The fraction of sp³-hybridized carbons (Fsp3) is 0.310. The molecule has 42 heavy (non-hydrogen) atoms. The van der Waals surface area contributed by atoms with E-state index >= 15 is 0 Å². The predicted molar refractivity (Wildman–Crippen MR) is 163 cm³/mol. The molecule has 0 radical (unpaired) electrons. The molecule has 0 saturated carbocycles. The van der Waals surface area contributed by atoms with Crippen LogP contribution in [0.15, 0.2) is 82.8 Å². The van der Waals surface area contributed by atoms with Crippen LogP contribution in [0.5, 0.6) is 0 Å². The third-order valence-corrected chi connectivity index (χ3v) is 8.85. The van der Waals surface area contributed by atoms with Crippen molar-refractivity contribution in [2.75, 3.05) is 29.4 Å². The molecule has 1 atom stereocenters. The number of hydrogen-bond donors (Lipinski definition) is 0. The summed E-state index contributed by atoms with van der Waals surface area (Å²) in [5.41, 5.74) is 0.397. The first-order chi connectivity index (χ1) is 19.9. The molecule has 0 N–H and O–H groups in total. The number of nitro benzene ring substituents is 1. The fourth-order valence-electron chi connectivity index (χ4n) is 4.72. The number of carbonyl (C=O) groups is 1. The lowest BCUT2D eigenvalue weighted by Crippen LogP contribution is -2.37. The van der Waals surface area contributed by atoms with E-state index in [4.69, 9.17) is 16.7 Å². The zero-order valence-electron chi connectivity index (χ0n) is 22.8. The van der Waals surface area contributed by atoms with Gasteiger partial charge in [0.25, 0.3) is 11.6 Å². The largest absolute Gasteiger partial charge is 0.416 e. The molecule has 1 heterocycles. The van der Waals surface area contributed by atoms with E-state index in [-0.39, 0.29) is 28.2 Å². The van der Waals surface area contributed by atoms with Gasteiger partial charge in [-0.3, -0.25) is 19.9 Å². The van der Waals surface area contributed by atoms with Crippen LogP contribution in [-0.2, 0) is 11.0 Å². The van der Waals surface area contributed by atoms with Crippen LogP contribution in [0.25, 0.3) is 0 Å². The topological polar surface area (TPSA) is 79.0 Å². The van der Waals surface area contributed by atoms with Gasteiger partial charge in [0.15, 0.2) is 0 Å². The van der Waals surface area contributed by atoms with E-state index in [1.165, 1.54) is 34.6 Å². The van der Waals surface area contributed by atoms with Gasteiger partial charge in [-0.15, -0.1) is 0 Å². The second kappa shape index (κ2) is 13.4. The Morgan fingerprint density at radius 3 is 2.40 bits per heavy atom. The minimum absolute atomic E-state index is 0.153. The van der Waals surface area contributed by atoms with Crippen molar-refractivity contribution in [2.24, 2.45) is 10.5 Å². The average Bonchev–Trinajstić information content (AvgIpc) is 3.27. The number of anilines is 1. The number of halogens is 4. The lowest BCUT2D eigenvalue weighted by molar-refractivity contribution is -0.387. The molecule has 1 aliphatic heterocycles. The molecule has 3 aromatic rings. The van der Waals surface area contributed by atoms with Crippen molar-refractivity contribution in [2.45, 2.75) is 30.8 Å². The SMILES string of the molecule is CSCCCC1(C)CN(CC(=O)N(Sc2ccccc2[N+](=O)[O-])c2ccc(C(F)(F)F)cc2)N=C1c1ccc(Cl)cc1. The summed E-state index contributed by atoms with van der Waals surface area (Å²) in [6.45, 7) is 2.35. The van der Waals surface area contributed by atoms with E-state index in [9.17, 15) is 28.1 Å². The van der Waals surface area contributed by atoms with E-state index in [2.05, 4.69) is 6.92 Å². The molecule has 7 nitrogen and oxygen atoms in total. The van der Waals surface area contributed by atoms with Crippen molar-refractivity contribution in [3.63, 3.8) is 0 Å². The molecule has 0 bridgehead atoms. The molecular weight excluding hydrogens is 609 g/mol. The molecule has 1 amide bonds. The number of alkyl halides is 3. The van der Waals surface area contributed by atoms with Gasteiger partial charge >= 0.3 is 6.18 Å². The number of amides is 1. The smallest absolute Gasteiger partial charge is 0.286 e. The van der Waals surface area contributed by atoms with Crippen molar-refractivity contribution in [1.82, 2.24) is 5.01 Å². The number of hydrogen-bond acceptors (Lipinski definition) is 7. The Morgan fingerprint density at radius 1 is 1.12 bits per heavy atom. The summed E-state index contributed by atoms with van der Waals surface area (Å²) in [4.78, 5) is 25.1. The number of para-hydroxylation sites is 1. The van der Waals surface area contributed by atoms with Crippen molar-refractivity contribution in [3.8, 4) is 0 Å². The van der Waals surface area contributed by atoms with E-state index in [0.29, 0.717) is 11.6 Å². The number of carbonyl (C=O) groups excluding carboxylic acids is 1. The first-order valence-electron chi connectivity index (χ1n) is 12.9. The highest BCUT2D eigenvalue weighted by Crippen LogP contribution is 2.39. The number of thioether (sulfide) groups is 1. The van der Waals surface area contributed by atoms with Crippen molar-refractivity contribution in [3.05, 3.63) is 99.1 Å². The summed E-state index contributed by atoms with van der Waals surface area (Å²) in [6, 6.07) is 17.4. The van der Waals surface area contributed by atoms with Crippen LogP contribution in [0.2, 0.25) is 5.02 Å². The third-order valence-electron chi connectivity index (χ3n) is 6.76. The maximum absolute atomic E-state index is 13.8. The van der Waals surface area contributed by atoms with Gasteiger partial charge in [0.05, 0.1) is 21.9 Å².